The minimum Gasteiger partial charge on any atom is -0.366 e. The molecule has 0 aromatic carbocycles. The van der Waals surface area contributed by atoms with Gasteiger partial charge in [-0.1, -0.05) is 5.16 Å². The van der Waals surface area contributed by atoms with Gasteiger partial charge >= 0.3 is 0 Å². The van der Waals surface area contributed by atoms with Crippen molar-refractivity contribution in [1.82, 2.24) is 10.2 Å². The van der Waals surface area contributed by atoms with Crippen LogP contribution in [0.4, 0.5) is 0 Å². The van der Waals surface area contributed by atoms with Crippen LogP contribution in [0, 0.1) is 17.8 Å². The first kappa shape index (κ1) is 8.53. The standard InChI is InChI=1S/C10H17N3O/c1-10(2)13(3)9(12-14-10)8-6-4-11-5-7(6)8/h6-8,11H,4-5H2,1-3H3. The summed E-state index contributed by atoms with van der Waals surface area (Å²) in [4.78, 5) is 7.60. The average molecular weight is 195 g/mol. The van der Waals surface area contributed by atoms with Gasteiger partial charge in [-0.15, -0.1) is 0 Å². The van der Waals surface area contributed by atoms with E-state index in [1.54, 1.807) is 0 Å². The third-order valence-electron chi connectivity index (χ3n) is 3.90. The van der Waals surface area contributed by atoms with Crippen LogP contribution in [0.25, 0.3) is 0 Å². The number of oxime groups is 1. The van der Waals surface area contributed by atoms with E-state index in [-0.39, 0.29) is 5.72 Å². The van der Waals surface area contributed by atoms with E-state index in [0.717, 1.165) is 30.8 Å². The van der Waals surface area contributed by atoms with Crippen LogP contribution < -0.4 is 5.32 Å². The van der Waals surface area contributed by atoms with Crippen LogP contribution in [-0.4, -0.2) is 36.6 Å². The Labute approximate surface area is 84.3 Å². The molecule has 2 aliphatic heterocycles. The Bertz CT molecular complexity index is 290. The second-order valence-electron chi connectivity index (χ2n) is 5.06. The second-order valence-corrected chi connectivity index (χ2v) is 5.06. The van der Waals surface area contributed by atoms with Crippen molar-refractivity contribution < 1.29 is 4.84 Å². The van der Waals surface area contributed by atoms with Crippen molar-refractivity contribution >= 4 is 5.84 Å². The van der Waals surface area contributed by atoms with E-state index in [2.05, 4.69) is 36.3 Å². The highest BCUT2D eigenvalue weighted by Gasteiger charge is 2.58. The van der Waals surface area contributed by atoms with E-state index in [0.29, 0.717) is 5.92 Å². The van der Waals surface area contributed by atoms with Crippen molar-refractivity contribution in [2.45, 2.75) is 19.6 Å². The maximum Gasteiger partial charge on any atom is 0.205 e. The molecule has 1 N–H and O–H groups in total. The number of amidine groups is 1. The molecule has 78 valence electrons. The molecule has 0 amide bonds. The van der Waals surface area contributed by atoms with Crippen molar-refractivity contribution in [3.05, 3.63) is 0 Å². The molecule has 1 saturated heterocycles. The third kappa shape index (κ3) is 0.947. The molecule has 1 aliphatic carbocycles. The SMILES string of the molecule is CN1C(C2C3CNCC32)=NOC1(C)C. The van der Waals surface area contributed by atoms with Crippen LogP contribution in [0.1, 0.15) is 13.8 Å². The molecule has 14 heavy (non-hydrogen) atoms. The molecule has 2 atom stereocenters. The van der Waals surface area contributed by atoms with E-state index in [1.807, 2.05) is 0 Å². The van der Waals surface area contributed by atoms with Crippen LogP contribution in [0.15, 0.2) is 5.16 Å². The normalized spacial score (nSPS) is 43.2. The van der Waals surface area contributed by atoms with Crippen molar-refractivity contribution in [3.63, 3.8) is 0 Å². The summed E-state index contributed by atoms with van der Waals surface area (Å²) in [5.74, 6) is 3.44. The number of piperidine rings is 1. The van der Waals surface area contributed by atoms with Gasteiger partial charge < -0.3 is 15.1 Å². The summed E-state index contributed by atoms with van der Waals surface area (Å²) >= 11 is 0. The molecule has 2 unspecified atom stereocenters. The van der Waals surface area contributed by atoms with Crippen LogP contribution in [0.3, 0.4) is 0 Å². The Hall–Kier alpha value is -0.770. The maximum absolute atomic E-state index is 5.43. The number of hydrogen-bond acceptors (Lipinski definition) is 4. The number of nitrogens with zero attached hydrogens (tertiary/aromatic N) is 2. The largest absolute Gasteiger partial charge is 0.366 e. The molecule has 4 heteroatoms. The minimum atomic E-state index is -0.250. The molecule has 0 radical (unpaired) electrons. The highest BCUT2D eigenvalue weighted by atomic mass is 16.7. The van der Waals surface area contributed by atoms with Crippen LogP contribution >= 0.6 is 0 Å². The lowest BCUT2D eigenvalue weighted by molar-refractivity contribution is -0.0596. The van der Waals surface area contributed by atoms with Crippen molar-refractivity contribution in [3.8, 4) is 0 Å². The van der Waals surface area contributed by atoms with Crippen LogP contribution in [-0.2, 0) is 4.84 Å². The molecular formula is C10H17N3O. The fourth-order valence-electron chi connectivity index (χ4n) is 2.64. The van der Waals surface area contributed by atoms with Gasteiger partial charge in [0.1, 0.15) is 0 Å². The van der Waals surface area contributed by atoms with Crippen molar-refractivity contribution in [1.29, 1.82) is 0 Å². The highest BCUT2D eigenvalue weighted by Crippen LogP contribution is 2.51. The van der Waals surface area contributed by atoms with Gasteiger partial charge in [0.05, 0.1) is 0 Å². The summed E-state index contributed by atoms with van der Waals surface area (Å²) < 4.78 is 0. The number of nitrogens with one attached hydrogen (secondary N) is 1. The van der Waals surface area contributed by atoms with Gasteiger partial charge in [0, 0.05) is 13.0 Å². The van der Waals surface area contributed by atoms with E-state index >= 15 is 0 Å². The number of rotatable bonds is 1. The zero-order valence-electron chi connectivity index (χ0n) is 8.95. The zero-order chi connectivity index (χ0) is 9.92. The lowest BCUT2D eigenvalue weighted by atomic mass is 10.2. The molecule has 2 heterocycles. The molecule has 0 aromatic heterocycles. The lowest BCUT2D eigenvalue weighted by Gasteiger charge is -2.27. The van der Waals surface area contributed by atoms with Gasteiger partial charge in [-0.3, -0.25) is 0 Å². The predicted octanol–water partition coefficient (Wildman–Crippen LogP) is 0.463. The molecular weight excluding hydrogens is 178 g/mol. The summed E-state index contributed by atoms with van der Waals surface area (Å²) in [6, 6.07) is 0. The predicted molar refractivity (Wildman–Crippen MR) is 53.7 cm³/mol. The van der Waals surface area contributed by atoms with Gasteiger partial charge in [0.15, 0.2) is 5.84 Å². The quantitative estimate of drug-likeness (QED) is 0.660. The molecule has 0 bridgehead atoms. The Kier molecular flexibility index (Phi) is 1.48. The Morgan fingerprint density at radius 2 is 2.07 bits per heavy atom. The first-order valence-electron chi connectivity index (χ1n) is 5.32. The van der Waals surface area contributed by atoms with E-state index < -0.39 is 0 Å². The van der Waals surface area contributed by atoms with Gasteiger partial charge in [0.25, 0.3) is 0 Å². The fraction of sp³-hybridized carbons (Fsp3) is 0.900. The Morgan fingerprint density at radius 1 is 1.43 bits per heavy atom. The summed E-state index contributed by atoms with van der Waals surface area (Å²) in [6.07, 6.45) is 0. The monoisotopic (exact) mass is 195 g/mol. The van der Waals surface area contributed by atoms with Crippen molar-refractivity contribution in [2.75, 3.05) is 20.1 Å². The van der Waals surface area contributed by atoms with Crippen LogP contribution in [0.2, 0.25) is 0 Å². The van der Waals surface area contributed by atoms with Gasteiger partial charge in [-0.25, -0.2) is 0 Å². The molecule has 0 spiro atoms. The first-order valence-corrected chi connectivity index (χ1v) is 5.32. The fourth-order valence-corrected chi connectivity index (χ4v) is 2.64. The van der Waals surface area contributed by atoms with Gasteiger partial charge in [0.2, 0.25) is 5.72 Å². The highest BCUT2D eigenvalue weighted by molar-refractivity contribution is 5.88. The lowest BCUT2D eigenvalue weighted by Crippen LogP contribution is -2.42. The first-order chi connectivity index (χ1) is 6.61. The second kappa shape index (κ2) is 2.42. The summed E-state index contributed by atoms with van der Waals surface area (Å²) in [7, 11) is 2.08. The van der Waals surface area contributed by atoms with E-state index in [1.165, 1.54) is 0 Å². The maximum atomic E-state index is 5.43. The molecule has 1 saturated carbocycles. The smallest absolute Gasteiger partial charge is 0.205 e. The minimum absolute atomic E-state index is 0.250. The summed E-state index contributed by atoms with van der Waals surface area (Å²) in [6.45, 7) is 6.42. The van der Waals surface area contributed by atoms with E-state index in [9.17, 15) is 0 Å². The topological polar surface area (TPSA) is 36.9 Å². The molecule has 4 nitrogen and oxygen atoms in total. The van der Waals surface area contributed by atoms with Crippen molar-refractivity contribution in [2.24, 2.45) is 22.9 Å². The number of fused-ring (bicyclic) bond motifs is 1. The zero-order valence-corrected chi connectivity index (χ0v) is 8.95. The van der Waals surface area contributed by atoms with E-state index in [4.69, 9.17) is 4.84 Å². The number of hydrogen-bond donors (Lipinski definition) is 1. The third-order valence-corrected chi connectivity index (χ3v) is 3.90. The van der Waals surface area contributed by atoms with Gasteiger partial charge in [-0.05, 0) is 38.8 Å². The summed E-state index contributed by atoms with van der Waals surface area (Å²) in [5, 5.41) is 7.63. The van der Waals surface area contributed by atoms with Gasteiger partial charge in [-0.2, -0.15) is 0 Å². The molecule has 2 fully saturated rings. The Morgan fingerprint density at radius 3 is 2.57 bits per heavy atom. The molecule has 3 aliphatic rings. The Balaban J connectivity index is 1.76. The van der Waals surface area contributed by atoms with Crippen LogP contribution in [0.5, 0.6) is 0 Å². The average Bonchev–Trinajstić information content (AvgIpc) is 2.53. The summed E-state index contributed by atoms with van der Waals surface area (Å²) in [5.41, 5.74) is -0.250. The molecule has 3 rings (SSSR count). The molecule has 0 aromatic rings.